The van der Waals surface area contributed by atoms with E-state index >= 15 is 0 Å². The molecule has 4 atom stereocenters. The molecule has 9 N–H and O–H groups in total. The molecular formula is C34H50N8O4. The lowest BCUT2D eigenvalue weighted by molar-refractivity contribution is -0.137. The summed E-state index contributed by atoms with van der Waals surface area (Å²) < 4.78 is 0. The number of amides is 4. The highest BCUT2D eigenvalue weighted by Gasteiger charge is 2.32. The fraction of sp³-hybridized carbons (Fsp3) is 0.500. The Bertz CT molecular complexity index is 1290. The lowest BCUT2D eigenvalue weighted by Crippen LogP contribution is -2.59. The summed E-state index contributed by atoms with van der Waals surface area (Å²) in [6.07, 6.45) is 4.61. The smallest absolute Gasteiger partial charge is 0.247 e. The van der Waals surface area contributed by atoms with E-state index in [0.29, 0.717) is 25.9 Å². The standard InChI is InChI=1S/C34H50N8O4/c1-23(2)19-27(31(44)41-29(22-38-34(36)37)33(46)42-17-11-3-4-12-18-42)40-32(45)28(21-25-15-9-6-10-16-25)39-30(43)26(35)20-24-13-7-5-8-14-24/h5-10,13-16,23,26-29H,3-4,11-12,17-22,35H2,1-2H3,(H,39,43)(H,40,45)(H,41,44)(H4,36,37,38)/t26-,27-,28-,29-/m1/s1. The van der Waals surface area contributed by atoms with Crippen molar-refractivity contribution in [1.29, 1.82) is 0 Å². The normalized spacial score (nSPS) is 15.9. The zero-order valence-corrected chi connectivity index (χ0v) is 27.0. The minimum absolute atomic E-state index is 0.0231. The second kappa shape index (κ2) is 18.5. The van der Waals surface area contributed by atoms with Gasteiger partial charge < -0.3 is 38.1 Å². The number of benzene rings is 2. The highest BCUT2D eigenvalue weighted by Crippen LogP contribution is 2.13. The highest BCUT2D eigenvalue weighted by molar-refractivity contribution is 5.95. The number of likely N-dealkylation sites (tertiary alicyclic amines) is 1. The van der Waals surface area contributed by atoms with Crippen LogP contribution in [0.3, 0.4) is 0 Å². The monoisotopic (exact) mass is 634 g/mol. The van der Waals surface area contributed by atoms with E-state index < -0.39 is 41.9 Å². The van der Waals surface area contributed by atoms with Gasteiger partial charge in [0.15, 0.2) is 5.96 Å². The van der Waals surface area contributed by atoms with Crippen LogP contribution in [0.25, 0.3) is 0 Å². The number of guanidine groups is 1. The van der Waals surface area contributed by atoms with Crippen molar-refractivity contribution in [1.82, 2.24) is 20.9 Å². The molecule has 1 saturated heterocycles. The molecule has 2 aromatic carbocycles. The Morgan fingerprint density at radius 3 is 1.76 bits per heavy atom. The Morgan fingerprint density at radius 2 is 1.22 bits per heavy atom. The third-order valence-corrected chi connectivity index (χ3v) is 7.88. The van der Waals surface area contributed by atoms with Gasteiger partial charge in [-0.05, 0) is 42.7 Å². The first-order valence-electron chi connectivity index (χ1n) is 16.1. The van der Waals surface area contributed by atoms with Crippen molar-refractivity contribution in [3.63, 3.8) is 0 Å². The predicted molar refractivity (Wildman–Crippen MR) is 179 cm³/mol. The third kappa shape index (κ3) is 12.2. The molecule has 12 heteroatoms. The van der Waals surface area contributed by atoms with E-state index in [0.717, 1.165) is 36.8 Å². The van der Waals surface area contributed by atoms with Crippen molar-refractivity contribution in [3.8, 4) is 0 Å². The lowest BCUT2D eigenvalue weighted by Gasteiger charge is -2.29. The van der Waals surface area contributed by atoms with Crippen molar-refractivity contribution in [2.45, 2.75) is 83.0 Å². The molecule has 250 valence electrons. The van der Waals surface area contributed by atoms with Gasteiger partial charge in [-0.1, -0.05) is 87.4 Å². The molecule has 0 unspecified atom stereocenters. The van der Waals surface area contributed by atoms with Gasteiger partial charge in [0, 0.05) is 19.5 Å². The number of nitrogens with one attached hydrogen (secondary N) is 3. The molecule has 1 aliphatic rings. The molecule has 0 bridgehead atoms. The Morgan fingerprint density at radius 1 is 0.717 bits per heavy atom. The number of nitrogens with two attached hydrogens (primary N) is 3. The van der Waals surface area contributed by atoms with E-state index in [1.54, 1.807) is 4.90 Å². The second-order valence-electron chi connectivity index (χ2n) is 12.3. The van der Waals surface area contributed by atoms with Crippen LogP contribution in [0.15, 0.2) is 65.7 Å². The third-order valence-electron chi connectivity index (χ3n) is 7.88. The maximum absolute atomic E-state index is 13.8. The van der Waals surface area contributed by atoms with Crippen molar-refractivity contribution >= 4 is 29.6 Å². The molecule has 12 nitrogen and oxygen atoms in total. The van der Waals surface area contributed by atoms with Gasteiger partial charge >= 0.3 is 0 Å². The summed E-state index contributed by atoms with van der Waals surface area (Å²) in [7, 11) is 0. The molecule has 1 aliphatic heterocycles. The molecule has 0 aromatic heterocycles. The highest BCUT2D eigenvalue weighted by atomic mass is 16.2. The van der Waals surface area contributed by atoms with Crippen LogP contribution in [0.1, 0.15) is 57.1 Å². The average molecular weight is 635 g/mol. The van der Waals surface area contributed by atoms with Gasteiger partial charge in [0.05, 0.1) is 12.6 Å². The van der Waals surface area contributed by atoms with Crippen molar-refractivity contribution < 1.29 is 19.2 Å². The molecule has 46 heavy (non-hydrogen) atoms. The van der Waals surface area contributed by atoms with Crippen LogP contribution >= 0.6 is 0 Å². The van der Waals surface area contributed by atoms with Gasteiger partial charge in [-0.25, -0.2) is 0 Å². The van der Waals surface area contributed by atoms with E-state index in [4.69, 9.17) is 17.2 Å². The number of carbonyl (C=O) groups excluding carboxylic acids is 4. The van der Waals surface area contributed by atoms with Crippen molar-refractivity contribution in [3.05, 3.63) is 71.8 Å². The average Bonchev–Trinajstić information content (AvgIpc) is 3.32. The molecule has 4 amide bonds. The van der Waals surface area contributed by atoms with Crippen molar-refractivity contribution in [2.24, 2.45) is 28.1 Å². The van der Waals surface area contributed by atoms with E-state index in [9.17, 15) is 19.2 Å². The summed E-state index contributed by atoms with van der Waals surface area (Å²) in [4.78, 5) is 60.0. The van der Waals surface area contributed by atoms with E-state index in [-0.39, 0.29) is 30.8 Å². The summed E-state index contributed by atoms with van der Waals surface area (Å²) in [5.41, 5.74) is 19.1. The van der Waals surface area contributed by atoms with Crippen LogP contribution in [0, 0.1) is 5.92 Å². The summed E-state index contributed by atoms with van der Waals surface area (Å²) >= 11 is 0. The lowest BCUT2D eigenvalue weighted by atomic mass is 10.00. The fourth-order valence-electron chi connectivity index (χ4n) is 5.44. The molecule has 1 fully saturated rings. The molecule has 1 heterocycles. The summed E-state index contributed by atoms with van der Waals surface area (Å²) in [5, 5.41) is 8.46. The quantitative estimate of drug-likeness (QED) is 0.124. The van der Waals surface area contributed by atoms with Gasteiger partial charge in [0.1, 0.15) is 18.1 Å². The molecule has 0 spiro atoms. The number of rotatable bonds is 15. The van der Waals surface area contributed by atoms with Crippen LogP contribution in [-0.4, -0.2) is 78.3 Å². The van der Waals surface area contributed by atoms with Crippen LogP contribution in [0.4, 0.5) is 0 Å². The number of nitrogens with zero attached hydrogens (tertiary/aromatic N) is 2. The molecule has 0 saturated carbocycles. The zero-order valence-electron chi connectivity index (χ0n) is 27.0. The van der Waals surface area contributed by atoms with E-state index in [1.807, 2.05) is 74.5 Å². The topological polar surface area (TPSA) is 198 Å². The van der Waals surface area contributed by atoms with E-state index in [2.05, 4.69) is 20.9 Å². The van der Waals surface area contributed by atoms with Crippen LogP contribution in [0.5, 0.6) is 0 Å². The minimum Gasteiger partial charge on any atom is -0.370 e. The number of carbonyl (C=O) groups is 4. The number of hydrogen-bond donors (Lipinski definition) is 6. The summed E-state index contributed by atoms with van der Waals surface area (Å²) in [5.74, 6) is -1.99. The SMILES string of the molecule is CC(C)C[C@@H](NC(=O)[C@@H](Cc1ccccc1)NC(=O)[C@H](N)Cc1ccccc1)C(=O)N[C@H](CN=C(N)N)C(=O)N1CCCCCC1. The summed E-state index contributed by atoms with van der Waals surface area (Å²) in [6.45, 7) is 4.91. The molecule has 0 aliphatic carbocycles. The molecule has 2 aromatic rings. The Balaban J connectivity index is 1.78. The van der Waals surface area contributed by atoms with Crippen LogP contribution < -0.4 is 33.2 Å². The minimum atomic E-state index is -1.00. The predicted octanol–water partition coefficient (Wildman–Crippen LogP) is 0.976. The Kier molecular flexibility index (Phi) is 14.5. The Labute approximate surface area is 271 Å². The number of aliphatic imine (C=N–C) groups is 1. The van der Waals surface area contributed by atoms with Gasteiger partial charge in [-0.2, -0.15) is 0 Å². The van der Waals surface area contributed by atoms with Crippen molar-refractivity contribution in [2.75, 3.05) is 19.6 Å². The number of hydrogen-bond acceptors (Lipinski definition) is 6. The maximum Gasteiger partial charge on any atom is 0.247 e. The molecule has 3 rings (SSSR count). The first-order chi connectivity index (χ1) is 22.0. The van der Waals surface area contributed by atoms with Gasteiger partial charge in [0.2, 0.25) is 23.6 Å². The first kappa shape index (κ1) is 36.0. The first-order valence-corrected chi connectivity index (χ1v) is 16.1. The zero-order chi connectivity index (χ0) is 33.5. The molecule has 0 radical (unpaired) electrons. The Hall–Kier alpha value is -4.45. The fourth-order valence-corrected chi connectivity index (χ4v) is 5.44. The largest absolute Gasteiger partial charge is 0.370 e. The maximum atomic E-state index is 13.8. The second-order valence-corrected chi connectivity index (χ2v) is 12.3. The van der Waals surface area contributed by atoms with Gasteiger partial charge in [-0.3, -0.25) is 24.2 Å². The van der Waals surface area contributed by atoms with Crippen LogP contribution in [-0.2, 0) is 32.0 Å². The molecular weight excluding hydrogens is 584 g/mol. The van der Waals surface area contributed by atoms with Crippen LogP contribution in [0.2, 0.25) is 0 Å². The van der Waals surface area contributed by atoms with E-state index in [1.165, 1.54) is 0 Å². The van der Waals surface area contributed by atoms with Gasteiger partial charge in [-0.15, -0.1) is 0 Å². The van der Waals surface area contributed by atoms with Gasteiger partial charge in [0.25, 0.3) is 0 Å². The summed E-state index contributed by atoms with van der Waals surface area (Å²) in [6, 6.07) is 14.8.